The third-order valence-corrected chi connectivity index (χ3v) is 4.38. The van der Waals surface area contributed by atoms with Crippen molar-refractivity contribution in [1.29, 1.82) is 0 Å². The molecule has 2 aliphatic rings. The summed E-state index contributed by atoms with van der Waals surface area (Å²) in [6.07, 6.45) is 0.922. The summed E-state index contributed by atoms with van der Waals surface area (Å²) < 4.78 is 11.0. The SMILES string of the molecule is COc1ccc2c(c1)C(O)C(N1CC(C)OC(C)C1)C2. The maximum atomic E-state index is 10.6. The molecule has 1 N–H and O–H groups in total. The molecule has 0 radical (unpaired) electrons. The zero-order valence-electron chi connectivity index (χ0n) is 12.4. The van der Waals surface area contributed by atoms with Gasteiger partial charge < -0.3 is 14.6 Å². The first kappa shape index (κ1) is 13.9. The number of fused-ring (bicyclic) bond motifs is 1. The summed E-state index contributed by atoms with van der Waals surface area (Å²) in [5, 5.41) is 10.6. The second-order valence-corrected chi connectivity index (χ2v) is 5.99. The predicted molar refractivity (Wildman–Crippen MR) is 77.0 cm³/mol. The van der Waals surface area contributed by atoms with E-state index in [1.54, 1.807) is 7.11 Å². The van der Waals surface area contributed by atoms with E-state index >= 15 is 0 Å². The lowest BCUT2D eigenvalue weighted by Crippen LogP contribution is -2.51. The van der Waals surface area contributed by atoms with Crippen LogP contribution in [0.25, 0.3) is 0 Å². The van der Waals surface area contributed by atoms with Crippen LogP contribution in [0.3, 0.4) is 0 Å². The molecular formula is C16H23NO3. The van der Waals surface area contributed by atoms with Gasteiger partial charge in [0.1, 0.15) is 5.75 Å². The van der Waals surface area contributed by atoms with Gasteiger partial charge in [0.15, 0.2) is 0 Å². The molecule has 0 bridgehead atoms. The molecule has 1 fully saturated rings. The number of morpholine rings is 1. The highest BCUT2D eigenvalue weighted by atomic mass is 16.5. The van der Waals surface area contributed by atoms with Crippen LogP contribution in [0, 0.1) is 0 Å². The number of methoxy groups -OCH3 is 1. The quantitative estimate of drug-likeness (QED) is 0.894. The second-order valence-electron chi connectivity index (χ2n) is 5.99. The Morgan fingerprint density at radius 1 is 1.25 bits per heavy atom. The van der Waals surface area contributed by atoms with Gasteiger partial charge in [-0.3, -0.25) is 4.90 Å². The molecule has 4 atom stereocenters. The lowest BCUT2D eigenvalue weighted by Gasteiger charge is -2.40. The molecule has 0 spiro atoms. The van der Waals surface area contributed by atoms with Crippen LogP contribution < -0.4 is 4.74 Å². The van der Waals surface area contributed by atoms with Crippen molar-refractivity contribution in [3.63, 3.8) is 0 Å². The highest BCUT2D eigenvalue weighted by Crippen LogP contribution is 2.37. The van der Waals surface area contributed by atoms with Crippen molar-refractivity contribution in [2.24, 2.45) is 0 Å². The number of hydrogen-bond donors (Lipinski definition) is 1. The molecule has 0 amide bonds. The number of rotatable bonds is 2. The van der Waals surface area contributed by atoms with Crippen molar-refractivity contribution in [3.05, 3.63) is 29.3 Å². The number of aliphatic hydroxyl groups is 1. The first-order valence-electron chi connectivity index (χ1n) is 7.33. The van der Waals surface area contributed by atoms with Gasteiger partial charge in [-0.1, -0.05) is 6.07 Å². The summed E-state index contributed by atoms with van der Waals surface area (Å²) in [5.41, 5.74) is 2.25. The zero-order valence-corrected chi connectivity index (χ0v) is 12.4. The summed E-state index contributed by atoms with van der Waals surface area (Å²) in [7, 11) is 1.66. The molecule has 1 aliphatic carbocycles. The van der Waals surface area contributed by atoms with Crippen LogP contribution in [-0.4, -0.2) is 48.5 Å². The average Bonchev–Trinajstić information content (AvgIpc) is 2.74. The average molecular weight is 277 g/mol. The molecule has 4 nitrogen and oxygen atoms in total. The standard InChI is InChI=1S/C16H23NO3/c1-10-8-17(9-11(2)20-10)15-6-12-4-5-13(19-3)7-14(12)16(15)18/h4-5,7,10-11,15-16,18H,6,8-9H2,1-3H3. The monoisotopic (exact) mass is 277 g/mol. The number of benzene rings is 1. The van der Waals surface area contributed by atoms with Gasteiger partial charge in [0.25, 0.3) is 0 Å². The third kappa shape index (κ3) is 2.43. The largest absolute Gasteiger partial charge is 0.497 e. The van der Waals surface area contributed by atoms with Crippen molar-refractivity contribution in [2.45, 2.75) is 44.6 Å². The van der Waals surface area contributed by atoms with E-state index in [-0.39, 0.29) is 18.2 Å². The first-order chi connectivity index (χ1) is 9.58. The number of ether oxygens (including phenoxy) is 2. The summed E-state index contributed by atoms with van der Waals surface area (Å²) >= 11 is 0. The fourth-order valence-corrected chi connectivity index (χ4v) is 3.52. The van der Waals surface area contributed by atoms with Crippen molar-refractivity contribution in [1.82, 2.24) is 4.90 Å². The number of hydrogen-bond acceptors (Lipinski definition) is 4. The minimum atomic E-state index is -0.433. The molecule has 4 heteroatoms. The molecule has 1 aromatic carbocycles. The van der Waals surface area contributed by atoms with E-state index in [9.17, 15) is 5.11 Å². The van der Waals surface area contributed by atoms with Gasteiger partial charge >= 0.3 is 0 Å². The van der Waals surface area contributed by atoms with Crippen LogP contribution in [0.2, 0.25) is 0 Å². The fourth-order valence-electron chi connectivity index (χ4n) is 3.52. The Morgan fingerprint density at radius 2 is 1.95 bits per heavy atom. The molecule has 1 heterocycles. The zero-order chi connectivity index (χ0) is 14.3. The van der Waals surface area contributed by atoms with E-state index in [4.69, 9.17) is 9.47 Å². The number of aliphatic hydroxyl groups excluding tert-OH is 1. The molecule has 1 aliphatic heterocycles. The van der Waals surface area contributed by atoms with Gasteiger partial charge in [0.05, 0.1) is 25.4 Å². The summed E-state index contributed by atoms with van der Waals surface area (Å²) in [5.74, 6) is 0.812. The van der Waals surface area contributed by atoms with Crippen molar-refractivity contribution in [3.8, 4) is 5.75 Å². The molecule has 20 heavy (non-hydrogen) atoms. The van der Waals surface area contributed by atoms with E-state index in [1.807, 2.05) is 12.1 Å². The Bertz CT molecular complexity index is 481. The number of nitrogens with zero attached hydrogens (tertiary/aromatic N) is 1. The van der Waals surface area contributed by atoms with Crippen LogP contribution in [-0.2, 0) is 11.2 Å². The third-order valence-electron chi connectivity index (χ3n) is 4.38. The predicted octanol–water partition coefficient (Wildman–Crippen LogP) is 1.76. The molecule has 110 valence electrons. The van der Waals surface area contributed by atoms with Gasteiger partial charge in [0, 0.05) is 19.1 Å². The van der Waals surface area contributed by atoms with Crippen molar-refractivity contribution < 1.29 is 14.6 Å². The van der Waals surface area contributed by atoms with E-state index < -0.39 is 6.10 Å². The van der Waals surface area contributed by atoms with E-state index in [2.05, 4.69) is 24.8 Å². The molecule has 0 aromatic heterocycles. The fraction of sp³-hybridized carbons (Fsp3) is 0.625. The Morgan fingerprint density at radius 3 is 2.60 bits per heavy atom. The van der Waals surface area contributed by atoms with Crippen LogP contribution >= 0.6 is 0 Å². The second kappa shape index (κ2) is 5.35. The Kier molecular flexibility index (Phi) is 3.71. The minimum absolute atomic E-state index is 0.158. The van der Waals surface area contributed by atoms with Crippen LogP contribution in [0.1, 0.15) is 31.1 Å². The lowest BCUT2D eigenvalue weighted by atomic mass is 10.1. The van der Waals surface area contributed by atoms with Crippen molar-refractivity contribution >= 4 is 0 Å². The van der Waals surface area contributed by atoms with Crippen molar-refractivity contribution in [2.75, 3.05) is 20.2 Å². The Labute approximate surface area is 120 Å². The smallest absolute Gasteiger partial charge is 0.119 e. The van der Waals surface area contributed by atoms with Gasteiger partial charge in [-0.25, -0.2) is 0 Å². The maximum absolute atomic E-state index is 10.6. The molecule has 0 saturated carbocycles. The maximum Gasteiger partial charge on any atom is 0.119 e. The van der Waals surface area contributed by atoms with E-state index in [0.29, 0.717) is 0 Å². The molecule has 3 rings (SSSR count). The normalized spacial score (nSPS) is 34.0. The molecule has 1 aromatic rings. The van der Waals surface area contributed by atoms with Crippen LogP contribution in [0.15, 0.2) is 18.2 Å². The summed E-state index contributed by atoms with van der Waals surface area (Å²) in [6, 6.07) is 6.17. The van der Waals surface area contributed by atoms with Gasteiger partial charge in [0.2, 0.25) is 0 Å². The Hall–Kier alpha value is -1.10. The topological polar surface area (TPSA) is 41.9 Å². The minimum Gasteiger partial charge on any atom is -0.497 e. The first-order valence-corrected chi connectivity index (χ1v) is 7.33. The molecule has 4 unspecified atom stereocenters. The molecular weight excluding hydrogens is 254 g/mol. The van der Waals surface area contributed by atoms with Crippen LogP contribution in [0.5, 0.6) is 5.75 Å². The summed E-state index contributed by atoms with van der Waals surface area (Å²) in [6.45, 7) is 5.97. The summed E-state index contributed by atoms with van der Waals surface area (Å²) in [4.78, 5) is 2.37. The highest BCUT2D eigenvalue weighted by molar-refractivity contribution is 5.41. The highest BCUT2D eigenvalue weighted by Gasteiger charge is 2.38. The van der Waals surface area contributed by atoms with E-state index in [1.165, 1.54) is 5.56 Å². The van der Waals surface area contributed by atoms with Gasteiger partial charge in [-0.2, -0.15) is 0 Å². The van der Waals surface area contributed by atoms with Gasteiger partial charge in [-0.05, 0) is 43.5 Å². The lowest BCUT2D eigenvalue weighted by molar-refractivity contribution is -0.0934. The van der Waals surface area contributed by atoms with Gasteiger partial charge in [-0.15, -0.1) is 0 Å². The van der Waals surface area contributed by atoms with Crippen LogP contribution in [0.4, 0.5) is 0 Å². The Balaban J connectivity index is 1.80. The molecule has 1 saturated heterocycles. The van der Waals surface area contributed by atoms with E-state index in [0.717, 1.165) is 30.8 Å².